The summed E-state index contributed by atoms with van der Waals surface area (Å²) in [6, 6.07) is 2.10. The Kier molecular flexibility index (Phi) is 2.33. The number of ether oxygens (including phenoxy) is 2. The van der Waals surface area contributed by atoms with E-state index in [1.807, 2.05) is 0 Å². The molecule has 0 fully saturated rings. The molecule has 3 nitrogen and oxygen atoms in total. The minimum atomic E-state index is 0.642. The molecule has 1 N–H and O–H groups in total. The Morgan fingerprint density at radius 3 is 3.07 bits per heavy atom. The Morgan fingerprint density at radius 2 is 2.13 bits per heavy atom. The van der Waals surface area contributed by atoms with Crippen molar-refractivity contribution in [2.45, 2.75) is 13.0 Å². The van der Waals surface area contributed by atoms with Gasteiger partial charge in [0.15, 0.2) is 11.5 Å². The Hall–Kier alpha value is -0.740. The summed E-state index contributed by atoms with van der Waals surface area (Å²) >= 11 is 3.62. The predicted octanol–water partition coefficient (Wildman–Crippen LogP) is 1.87. The molecule has 0 aromatic heterocycles. The van der Waals surface area contributed by atoms with Gasteiger partial charge in [-0.1, -0.05) is 0 Å². The zero-order valence-corrected chi connectivity index (χ0v) is 9.89. The van der Waals surface area contributed by atoms with E-state index in [-0.39, 0.29) is 0 Å². The van der Waals surface area contributed by atoms with Gasteiger partial charge in [-0.3, -0.25) is 0 Å². The van der Waals surface area contributed by atoms with E-state index in [0.29, 0.717) is 13.2 Å². The lowest BCUT2D eigenvalue weighted by atomic mass is 10.00. The Labute approximate surface area is 96.9 Å². The first-order chi connectivity index (χ1) is 7.36. The molecule has 0 saturated carbocycles. The first-order valence-electron chi connectivity index (χ1n) is 5.17. The minimum absolute atomic E-state index is 0.642. The van der Waals surface area contributed by atoms with Crippen LogP contribution in [0.4, 0.5) is 0 Å². The van der Waals surface area contributed by atoms with Gasteiger partial charge in [0.05, 0.1) is 4.47 Å². The highest BCUT2D eigenvalue weighted by Gasteiger charge is 2.22. The molecule has 2 aliphatic rings. The Morgan fingerprint density at radius 1 is 1.27 bits per heavy atom. The number of rotatable bonds is 0. The molecule has 2 aliphatic heterocycles. The summed E-state index contributed by atoms with van der Waals surface area (Å²) in [7, 11) is 0. The van der Waals surface area contributed by atoms with E-state index in [1.54, 1.807) is 0 Å². The maximum atomic E-state index is 5.63. The largest absolute Gasteiger partial charge is 0.486 e. The molecule has 15 heavy (non-hydrogen) atoms. The van der Waals surface area contributed by atoms with Gasteiger partial charge in [0, 0.05) is 6.54 Å². The van der Waals surface area contributed by atoms with Crippen molar-refractivity contribution in [3.8, 4) is 11.5 Å². The van der Waals surface area contributed by atoms with Crippen LogP contribution in [0.2, 0.25) is 0 Å². The van der Waals surface area contributed by atoms with Gasteiger partial charge >= 0.3 is 0 Å². The standard InChI is InChI=1S/C11H12BrNO2/c12-10-8-1-2-13-6-7(8)5-9-11(10)15-4-3-14-9/h5,13H,1-4,6H2. The van der Waals surface area contributed by atoms with Crippen LogP contribution in [0.15, 0.2) is 10.5 Å². The lowest BCUT2D eigenvalue weighted by Gasteiger charge is -2.25. The van der Waals surface area contributed by atoms with E-state index in [9.17, 15) is 0 Å². The van der Waals surface area contributed by atoms with Crippen molar-refractivity contribution in [3.05, 3.63) is 21.7 Å². The highest BCUT2D eigenvalue weighted by molar-refractivity contribution is 9.10. The van der Waals surface area contributed by atoms with E-state index in [1.165, 1.54) is 11.1 Å². The van der Waals surface area contributed by atoms with Crippen molar-refractivity contribution in [1.82, 2.24) is 5.32 Å². The van der Waals surface area contributed by atoms with Crippen LogP contribution in [0.1, 0.15) is 11.1 Å². The molecule has 0 spiro atoms. The van der Waals surface area contributed by atoms with E-state index >= 15 is 0 Å². The van der Waals surface area contributed by atoms with E-state index < -0.39 is 0 Å². The molecule has 1 aromatic rings. The minimum Gasteiger partial charge on any atom is -0.486 e. The second-order valence-electron chi connectivity index (χ2n) is 3.78. The monoisotopic (exact) mass is 269 g/mol. The molecule has 4 heteroatoms. The zero-order chi connectivity index (χ0) is 10.3. The third kappa shape index (κ3) is 1.52. The van der Waals surface area contributed by atoms with Crippen LogP contribution in [0.5, 0.6) is 11.5 Å². The molecule has 0 atom stereocenters. The van der Waals surface area contributed by atoms with Crippen molar-refractivity contribution in [2.75, 3.05) is 19.8 Å². The Balaban J connectivity index is 2.16. The van der Waals surface area contributed by atoms with Crippen molar-refractivity contribution in [3.63, 3.8) is 0 Å². The molecular formula is C11H12BrNO2. The number of hydrogen-bond donors (Lipinski definition) is 1. The normalized spacial score (nSPS) is 18.5. The van der Waals surface area contributed by atoms with Crippen molar-refractivity contribution < 1.29 is 9.47 Å². The summed E-state index contributed by atoms with van der Waals surface area (Å²) in [6.07, 6.45) is 1.05. The zero-order valence-electron chi connectivity index (χ0n) is 8.31. The molecule has 0 amide bonds. The third-order valence-corrected chi connectivity index (χ3v) is 3.67. The van der Waals surface area contributed by atoms with Crippen LogP contribution in [-0.2, 0) is 13.0 Å². The van der Waals surface area contributed by atoms with Gasteiger partial charge in [0.25, 0.3) is 0 Å². The van der Waals surface area contributed by atoms with Crippen molar-refractivity contribution in [1.29, 1.82) is 0 Å². The summed E-state index contributed by atoms with van der Waals surface area (Å²) in [5.74, 6) is 1.75. The quantitative estimate of drug-likeness (QED) is 0.780. The average molecular weight is 270 g/mol. The molecule has 0 aliphatic carbocycles. The maximum Gasteiger partial charge on any atom is 0.175 e. The van der Waals surface area contributed by atoms with E-state index in [4.69, 9.17) is 9.47 Å². The average Bonchev–Trinajstić information content (AvgIpc) is 2.30. The van der Waals surface area contributed by atoms with Crippen LogP contribution in [-0.4, -0.2) is 19.8 Å². The molecule has 0 unspecified atom stereocenters. The van der Waals surface area contributed by atoms with Gasteiger partial charge in [-0.05, 0) is 46.1 Å². The summed E-state index contributed by atoms with van der Waals surface area (Å²) in [5.41, 5.74) is 2.68. The van der Waals surface area contributed by atoms with Gasteiger partial charge in [-0.15, -0.1) is 0 Å². The lowest BCUT2D eigenvalue weighted by molar-refractivity contribution is 0.170. The summed E-state index contributed by atoms with van der Waals surface area (Å²) < 4.78 is 12.3. The predicted molar refractivity (Wildman–Crippen MR) is 60.5 cm³/mol. The maximum absolute atomic E-state index is 5.63. The second kappa shape index (κ2) is 3.68. The number of halogens is 1. The number of nitrogens with one attached hydrogen (secondary N) is 1. The van der Waals surface area contributed by atoms with Crippen LogP contribution in [0.3, 0.4) is 0 Å². The molecule has 3 rings (SSSR count). The smallest absolute Gasteiger partial charge is 0.175 e. The second-order valence-corrected chi connectivity index (χ2v) is 4.57. The summed E-state index contributed by atoms with van der Waals surface area (Å²) in [6.45, 7) is 3.24. The summed E-state index contributed by atoms with van der Waals surface area (Å²) in [5, 5.41) is 3.36. The van der Waals surface area contributed by atoms with Crippen LogP contribution < -0.4 is 14.8 Å². The van der Waals surface area contributed by atoms with Gasteiger partial charge in [0.2, 0.25) is 0 Å². The highest BCUT2D eigenvalue weighted by atomic mass is 79.9. The fourth-order valence-electron chi connectivity index (χ4n) is 2.10. The number of hydrogen-bond acceptors (Lipinski definition) is 3. The van der Waals surface area contributed by atoms with Crippen LogP contribution in [0.25, 0.3) is 0 Å². The molecule has 80 valence electrons. The first kappa shape index (κ1) is 9.48. The topological polar surface area (TPSA) is 30.5 Å². The molecule has 0 saturated heterocycles. The molecular weight excluding hydrogens is 258 g/mol. The first-order valence-corrected chi connectivity index (χ1v) is 5.96. The number of fused-ring (bicyclic) bond motifs is 2. The SMILES string of the molecule is Brc1c2c(cc3c1OCCO3)CNCC2. The lowest BCUT2D eigenvalue weighted by Crippen LogP contribution is -2.25. The van der Waals surface area contributed by atoms with Crippen LogP contribution in [0, 0.1) is 0 Å². The summed E-state index contributed by atoms with van der Waals surface area (Å²) in [4.78, 5) is 0. The van der Waals surface area contributed by atoms with Gasteiger partial charge in [-0.25, -0.2) is 0 Å². The molecule has 1 aromatic carbocycles. The highest BCUT2D eigenvalue weighted by Crippen LogP contribution is 2.42. The third-order valence-electron chi connectivity index (χ3n) is 2.84. The van der Waals surface area contributed by atoms with E-state index in [2.05, 4.69) is 27.3 Å². The Bertz CT molecular complexity index is 372. The van der Waals surface area contributed by atoms with Crippen molar-refractivity contribution in [2.24, 2.45) is 0 Å². The van der Waals surface area contributed by atoms with E-state index in [0.717, 1.165) is 35.5 Å². The molecule has 2 heterocycles. The van der Waals surface area contributed by atoms with Gasteiger partial charge < -0.3 is 14.8 Å². The molecule has 0 radical (unpaired) electrons. The van der Waals surface area contributed by atoms with Gasteiger partial charge in [-0.2, -0.15) is 0 Å². The fraction of sp³-hybridized carbons (Fsp3) is 0.455. The number of benzene rings is 1. The van der Waals surface area contributed by atoms with Crippen LogP contribution >= 0.6 is 15.9 Å². The molecule has 0 bridgehead atoms. The van der Waals surface area contributed by atoms with Crippen molar-refractivity contribution >= 4 is 15.9 Å². The fourth-order valence-corrected chi connectivity index (χ4v) is 2.86. The van der Waals surface area contributed by atoms with Gasteiger partial charge in [0.1, 0.15) is 13.2 Å².